The van der Waals surface area contributed by atoms with Gasteiger partial charge >= 0.3 is 0 Å². The van der Waals surface area contributed by atoms with Gasteiger partial charge in [0.2, 0.25) is 0 Å². The number of carbonyl (C=O) groups is 2. The molecule has 0 spiro atoms. The fourth-order valence-electron chi connectivity index (χ4n) is 0.912. The van der Waals surface area contributed by atoms with Gasteiger partial charge in [0.25, 0.3) is 11.1 Å². The fourth-order valence-corrected chi connectivity index (χ4v) is 1.59. The van der Waals surface area contributed by atoms with Crippen LogP contribution < -0.4 is 5.32 Å². The van der Waals surface area contributed by atoms with Crippen LogP contribution >= 0.6 is 11.8 Å². The molecule has 0 aromatic carbocycles. The lowest BCUT2D eigenvalue weighted by molar-refractivity contribution is -0.115. The second kappa shape index (κ2) is 3.06. The van der Waals surface area contributed by atoms with Gasteiger partial charge in [-0.15, -0.1) is 0 Å². The molecule has 2 rings (SSSR count). The van der Waals surface area contributed by atoms with Gasteiger partial charge in [-0.25, -0.2) is 0 Å². The van der Waals surface area contributed by atoms with Gasteiger partial charge in [-0.2, -0.15) is 5.10 Å². The molecule has 5 nitrogen and oxygen atoms in total. The Morgan fingerprint density at radius 3 is 2.85 bits per heavy atom. The quantitative estimate of drug-likeness (QED) is 0.648. The predicted octanol–water partition coefficient (Wildman–Crippen LogP) is 0.734. The molecular weight excluding hydrogens is 190 g/mol. The lowest BCUT2D eigenvalue weighted by atomic mass is 10.3. The molecule has 1 aromatic heterocycles. The van der Waals surface area contributed by atoms with E-state index in [4.69, 9.17) is 0 Å². The molecule has 1 aliphatic heterocycles. The van der Waals surface area contributed by atoms with Gasteiger partial charge in [0, 0.05) is 11.8 Å². The van der Waals surface area contributed by atoms with Crippen LogP contribution in [0.3, 0.4) is 0 Å². The molecular formula is C7H5N3O2S. The molecule has 13 heavy (non-hydrogen) atoms. The Hall–Kier alpha value is -1.56. The zero-order valence-corrected chi connectivity index (χ0v) is 7.22. The molecule has 0 aliphatic carbocycles. The van der Waals surface area contributed by atoms with Gasteiger partial charge in [0.1, 0.15) is 0 Å². The number of carbonyl (C=O) groups excluding carboxylic acids is 2. The summed E-state index contributed by atoms with van der Waals surface area (Å²) in [6.07, 6.45) is 4.82. The van der Waals surface area contributed by atoms with Crippen molar-refractivity contribution in [1.29, 1.82) is 0 Å². The van der Waals surface area contributed by atoms with Crippen LogP contribution in [-0.4, -0.2) is 21.3 Å². The predicted molar refractivity (Wildman–Crippen MR) is 47.7 cm³/mol. The van der Waals surface area contributed by atoms with Crippen LogP contribution in [0.4, 0.5) is 4.79 Å². The van der Waals surface area contributed by atoms with Crippen LogP contribution in [0, 0.1) is 0 Å². The summed E-state index contributed by atoms with van der Waals surface area (Å²) < 4.78 is 0. The maximum atomic E-state index is 11.1. The average Bonchev–Trinajstić information content (AvgIpc) is 2.63. The number of hydrogen-bond donors (Lipinski definition) is 2. The second-order valence-electron chi connectivity index (χ2n) is 2.38. The van der Waals surface area contributed by atoms with Crippen molar-refractivity contribution in [2.45, 2.75) is 0 Å². The minimum absolute atomic E-state index is 0.334. The summed E-state index contributed by atoms with van der Waals surface area (Å²) in [4.78, 5) is 22.2. The molecule has 66 valence electrons. The lowest BCUT2D eigenvalue weighted by Gasteiger charge is -1.86. The Kier molecular flexibility index (Phi) is 1.90. The molecule has 1 saturated heterocycles. The first-order chi connectivity index (χ1) is 6.25. The number of H-pyrrole nitrogens is 1. The van der Waals surface area contributed by atoms with Gasteiger partial charge in [-0.3, -0.25) is 20.0 Å². The number of imide groups is 1. The SMILES string of the molecule is O=C1NC(=O)/C(=C\c2cn[nH]c2)S1. The van der Waals surface area contributed by atoms with Crippen LogP contribution in [0.5, 0.6) is 0 Å². The smallest absolute Gasteiger partial charge is 0.285 e. The topological polar surface area (TPSA) is 74.8 Å². The van der Waals surface area contributed by atoms with Crippen molar-refractivity contribution in [3.8, 4) is 0 Å². The minimum Gasteiger partial charge on any atom is -0.285 e. The Morgan fingerprint density at radius 1 is 1.46 bits per heavy atom. The molecule has 0 saturated carbocycles. The van der Waals surface area contributed by atoms with E-state index in [2.05, 4.69) is 15.5 Å². The van der Waals surface area contributed by atoms with Crippen LogP contribution in [-0.2, 0) is 4.79 Å². The molecule has 2 amide bonds. The van der Waals surface area contributed by atoms with Crippen LogP contribution in [0.2, 0.25) is 0 Å². The Balaban J connectivity index is 2.27. The number of hydrogen-bond acceptors (Lipinski definition) is 4. The first-order valence-corrected chi connectivity index (χ1v) is 4.31. The van der Waals surface area contributed by atoms with E-state index in [1.807, 2.05) is 0 Å². The molecule has 6 heteroatoms. The summed E-state index contributed by atoms with van der Waals surface area (Å²) in [5.41, 5.74) is 0.771. The molecule has 1 aliphatic rings. The van der Waals surface area contributed by atoms with E-state index in [0.29, 0.717) is 4.91 Å². The van der Waals surface area contributed by atoms with Gasteiger partial charge in [-0.05, 0) is 17.8 Å². The van der Waals surface area contributed by atoms with Crippen molar-refractivity contribution < 1.29 is 9.59 Å². The van der Waals surface area contributed by atoms with E-state index in [-0.39, 0.29) is 11.1 Å². The summed E-state index contributed by atoms with van der Waals surface area (Å²) >= 11 is 0.892. The minimum atomic E-state index is -0.351. The van der Waals surface area contributed by atoms with E-state index in [0.717, 1.165) is 17.3 Å². The van der Waals surface area contributed by atoms with Crippen molar-refractivity contribution in [3.63, 3.8) is 0 Å². The summed E-state index contributed by atoms with van der Waals surface area (Å²) in [5.74, 6) is -0.351. The number of aromatic nitrogens is 2. The highest BCUT2D eigenvalue weighted by Crippen LogP contribution is 2.24. The first kappa shape index (κ1) is 8.06. The molecule has 2 heterocycles. The van der Waals surface area contributed by atoms with E-state index in [1.54, 1.807) is 18.5 Å². The third kappa shape index (κ3) is 1.62. The molecule has 0 atom stereocenters. The Bertz CT molecular complexity index is 382. The highest BCUT2D eigenvalue weighted by Gasteiger charge is 2.24. The van der Waals surface area contributed by atoms with Crippen molar-refractivity contribution in [2.24, 2.45) is 0 Å². The van der Waals surface area contributed by atoms with Gasteiger partial charge in [-0.1, -0.05) is 0 Å². The van der Waals surface area contributed by atoms with Crippen molar-refractivity contribution in [3.05, 3.63) is 22.9 Å². The second-order valence-corrected chi connectivity index (χ2v) is 3.40. The largest absolute Gasteiger partial charge is 0.290 e. The van der Waals surface area contributed by atoms with E-state index >= 15 is 0 Å². The first-order valence-electron chi connectivity index (χ1n) is 3.49. The average molecular weight is 195 g/mol. The summed E-state index contributed by atoms with van der Waals surface area (Å²) in [6.45, 7) is 0. The highest BCUT2D eigenvalue weighted by atomic mass is 32.2. The van der Waals surface area contributed by atoms with E-state index in [9.17, 15) is 9.59 Å². The molecule has 0 radical (unpaired) electrons. The number of nitrogens with zero attached hydrogens (tertiary/aromatic N) is 1. The maximum Gasteiger partial charge on any atom is 0.290 e. The molecule has 0 unspecified atom stereocenters. The Morgan fingerprint density at radius 2 is 2.31 bits per heavy atom. The number of thioether (sulfide) groups is 1. The van der Waals surface area contributed by atoms with Gasteiger partial charge < -0.3 is 0 Å². The maximum absolute atomic E-state index is 11.1. The van der Waals surface area contributed by atoms with E-state index < -0.39 is 0 Å². The molecule has 1 fully saturated rings. The van der Waals surface area contributed by atoms with Crippen molar-refractivity contribution in [2.75, 3.05) is 0 Å². The number of rotatable bonds is 1. The number of nitrogens with one attached hydrogen (secondary N) is 2. The van der Waals surface area contributed by atoms with Gasteiger partial charge in [0.05, 0.1) is 11.1 Å². The summed E-state index contributed by atoms with van der Waals surface area (Å²) in [5, 5.41) is 8.15. The fraction of sp³-hybridized carbons (Fsp3) is 0. The zero-order valence-electron chi connectivity index (χ0n) is 6.40. The van der Waals surface area contributed by atoms with Gasteiger partial charge in [0.15, 0.2) is 0 Å². The van der Waals surface area contributed by atoms with Crippen molar-refractivity contribution >= 4 is 29.0 Å². The zero-order chi connectivity index (χ0) is 9.26. The lowest BCUT2D eigenvalue weighted by Crippen LogP contribution is -2.17. The summed E-state index contributed by atoms with van der Waals surface area (Å²) in [6, 6.07) is 0. The van der Waals surface area contributed by atoms with Crippen LogP contribution in [0.25, 0.3) is 6.08 Å². The monoisotopic (exact) mass is 195 g/mol. The third-order valence-electron chi connectivity index (χ3n) is 1.46. The number of aromatic amines is 1. The standard InChI is InChI=1S/C7H5N3O2S/c11-6-5(13-7(12)10-6)1-4-2-8-9-3-4/h1-3H,(H,8,9)(H,10,11,12)/b5-1+. The van der Waals surface area contributed by atoms with E-state index in [1.165, 1.54) is 0 Å². The highest BCUT2D eigenvalue weighted by molar-refractivity contribution is 8.18. The molecule has 0 bridgehead atoms. The Labute approximate surface area is 77.6 Å². The van der Waals surface area contributed by atoms with Crippen molar-refractivity contribution in [1.82, 2.24) is 15.5 Å². The van der Waals surface area contributed by atoms with Crippen LogP contribution in [0.1, 0.15) is 5.56 Å². The number of amides is 2. The molecule has 1 aromatic rings. The third-order valence-corrected chi connectivity index (χ3v) is 2.27. The summed E-state index contributed by atoms with van der Waals surface area (Å²) in [7, 11) is 0. The van der Waals surface area contributed by atoms with Crippen LogP contribution in [0.15, 0.2) is 17.3 Å². The normalized spacial score (nSPS) is 19.5. The molecule has 2 N–H and O–H groups in total.